The molecule has 0 bridgehead atoms. The largest absolute Gasteiger partial charge is 0.378 e. The fourth-order valence-electron chi connectivity index (χ4n) is 3.44. The second kappa shape index (κ2) is 10.2. The van der Waals surface area contributed by atoms with Crippen LogP contribution < -0.4 is 9.70 Å². The Labute approximate surface area is 195 Å². The lowest BCUT2D eigenvalue weighted by Crippen LogP contribution is -2.36. The van der Waals surface area contributed by atoms with E-state index in [0.29, 0.717) is 6.54 Å². The van der Waals surface area contributed by atoms with Gasteiger partial charge in [0, 0.05) is 34.2 Å². The maximum absolute atomic E-state index is 5.46. The number of thiazole rings is 1. The molecule has 0 radical (unpaired) electrons. The Balaban J connectivity index is 1.70. The third kappa shape index (κ3) is 5.06. The summed E-state index contributed by atoms with van der Waals surface area (Å²) in [5, 5.41) is 7.06. The number of morpholine rings is 1. The second-order valence-corrected chi connectivity index (χ2v) is 8.85. The van der Waals surface area contributed by atoms with Crippen molar-refractivity contribution < 1.29 is 4.74 Å². The monoisotopic (exact) mass is 496 g/mol. The van der Waals surface area contributed by atoms with Gasteiger partial charge in [0.1, 0.15) is 0 Å². The van der Waals surface area contributed by atoms with Crippen LogP contribution in [0, 0.1) is 0 Å². The van der Waals surface area contributed by atoms with Crippen LogP contribution in [0.5, 0.6) is 0 Å². The van der Waals surface area contributed by atoms with E-state index in [-0.39, 0.29) is 0 Å². The molecule has 1 aliphatic heterocycles. The lowest BCUT2D eigenvalue weighted by Gasteiger charge is -2.28. The highest BCUT2D eigenvalue weighted by atomic mass is 79.9. The minimum atomic E-state index is 0.554. The molecular weight excluding hydrogens is 472 g/mol. The van der Waals surface area contributed by atoms with Crippen molar-refractivity contribution in [2.45, 2.75) is 6.92 Å². The van der Waals surface area contributed by atoms with Crippen molar-refractivity contribution in [2.24, 2.45) is 10.1 Å². The van der Waals surface area contributed by atoms with E-state index >= 15 is 0 Å². The number of aromatic nitrogens is 1. The van der Waals surface area contributed by atoms with Crippen molar-refractivity contribution in [2.75, 3.05) is 37.7 Å². The molecule has 0 amide bonds. The van der Waals surface area contributed by atoms with E-state index in [4.69, 9.17) is 9.84 Å². The summed E-state index contributed by atoms with van der Waals surface area (Å²) in [7, 11) is 0. The van der Waals surface area contributed by atoms with Crippen LogP contribution in [0.25, 0.3) is 11.3 Å². The van der Waals surface area contributed by atoms with Gasteiger partial charge in [0.2, 0.25) is 4.80 Å². The fourth-order valence-corrected chi connectivity index (χ4v) is 4.76. The molecule has 0 aliphatic carbocycles. The number of anilines is 1. The smallest absolute Gasteiger partial charge is 0.206 e. The van der Waals surface area contributed by atoms with E-state index in [0.717, 1.165) is 58.1 Å². The molecule has 31 heavy (non-hydrogen) atoms. The molecule has 0 saturated carbocycles. The maximum Gasteiger partial charge on any atom is 0.206 e. The molecule has 2 aromatic carbocycles. The average molecular weight is 497 g/mol. The zero-order valence-corrected chi connectivity index (χ0v) is 19.9. The van der Waals surface area contributed by atoms with E-state index in [2.05, 4.69) is 68.1 Å². The summed E-state index contributed by atoms with van der Waals surface area (Å²) in [6.07, 6.45) is 1.79. The van der Waals surface area contributed by atoms with Crippen molar-refractivity contribution in [3.8, 4) is 11.3 Å². The number of rotatable bonds is 6. The summed E-state index contributed by atoms with van der Waals surface area (Å²) in [6.45, 7) is 9.81. The second-order valence-electron chi connectivity index (χ2n) is 7.16. The first kappa shape index (κ1) is 21.7. The maximum atomic E-state index is 5.46. The molecule has 0 spiro atoms. The molecule has 3 aromatic rings. The normalized spacial score (nSPS) is 15.4. The zero-order chi connectivity index (χ0) is 21.6. The van der Waals surface area contributed by atoms with Crippen molar-refractivity contribution in [1.29, 1.82) is 0 Å². The minimum absolute atomic E-state index is 0.554. The molecule has 0 unspecified atom stereocenters. The Morgan fingerprint density at radius 2 is 1.90 bits per heavy atom. The first-order chi connectivity index (χ1) is 15.2. The van der Waals surface area contributed by atoms with E-state index in [1.54, 1.807) is 17.4 Å². The molecule has 160 valence electrons. The van der Waals surface area contributed by atoms with Gasteiger partial charge in [-0.2, -0.15) is 5.10 Å². The van der Waals surface area contributed by atoms with Gasteiger partial charge in [0.05, 0.1) is 31.2 Å². The lowest BCUT2D eigenvalue weighted by atomic mass is 10.1. The summed E-state index contributed by atoms with van der Waals surface area (Å²) in [5.41, 5.74) is 5.32. The molecule has 0 atom stereocenters. The van der Waals surface area contributed by atoms with Crippen molar-refractivity contribution in [1.82, 2.24) is 4.68 Å². The highest BCUT2D eigenvalue weighted by molar-refractivity contribution is 9.10. The number of hydrogen-bond acceptors (Lipinski definition) is 5. The van der Waals surface area contributed by atoms with E-state index < -0.39 is 0 Å². The molecule has 2 heterocycles. The predicted molar refractivity (Wildman–Crippen MR) is 133 cm³/mol. The Morgan fingerprint density at radius 1 is 1.16 bits per heavy atom. The van der Waals surface area contributed by atoms with E-state index in [1.807, 2.05) is 29.8 Å². The summed E-state index contributed by atoms with van der Waals surface area (Å²) in [4.78, 5) is 7.84. The molecule has 1 aliphatic rings. The van der Waals surface area contributed by atoms with Gasteiger partial charge in [-0.05, 0) is 30.7 Å². The van der Waals surface area contributed by atoms with Crippen LogP contribution in [-0.2, 0) is 4.74 Å². The van der Waals surface area contributed by atoms with Gasteiger partial charge in [-0.3, -0.25) is 4.99 Å². The van der Waals surface area contributed by atoms with Gasteiger partial charge in [-0.1, -0.05) is 52.3 Å². The molecule has 1 saturated heterocycles. The molecule has 7 heteroatoms. The van der Waals surface area contributed by atoms with Crippen LogP contribution in [0.2, 0.25) is 0 Å². The quantitative estimate of drug-likeness (QED) is 0.348. The zero-order valence-electron chi connectivity index (χ0n) is 17.5. The SMILES string of the molecule is C=CCN=c1scc(-c2ccccc2Br)n1N=C(C)c1ccc(N2CCOCC2)cc1. The van der Waals surface area contributed by atoms with Crippen LogP contribution in [0.4, 0.5) is 5.69 Å². The number of hydrogen-bond donors (Lipinski definition) is 0. The first-order valence-electron chi connectivity index (χ1n) is 10.2. The third-order valence-corrected chi connectivity index (χ3v) is 6.65. The summed E-state index contributed by atoms with van der Waals surface area (Å²) < 4.78 is 8.41. The molecule has 1 fully saturated rings. The van der Waals surface area contributed by atoms with Gasteiger partial charge in [0.15, 0.2) is 0 Å². The Hall–Kier alpha value is -2.48. The average Bonchev–Trinajstić information content (AvgIpc) is 3.20. The Morgan fingerprint density at radius 3 is 2.61 bits per heavy atom. The highest BCUT2D eigenvalue weighted by Crippen LogP contribution is 2.28. The van der Waals surface area contributed by atoms with Crippen LogP contribution in [-0.4, -0.2) is 43.2 Å². The predicted octanol–water partition coefficient (Wildman–Crippen LogP) is 5.17. The van der Waals surface area contributed by atoms with Crippen LogP contribution >= 0.6 is 27.3 Å². The lowest BCUT2D eigenvalue weighted by molar-refractivity contribution is 0.122. The number of nitrogens with zero attached hydrogens (tertiary/aromatic N) is 4. The van der Waals surface area contributed by atoms with Crippen LogP contribution in [0.15, 0.2) is 81.1 Å². The summed E-state index contributed by atoms with van der Waals surface area (Å²) in [6, 6.07) is 16.8. The third-order valence-electron chi connectivity index (χ3n) is 5.10. The standard InChI is InChI=1S/C24H25BrN4OS/c1-3-12-26-24-29(23(17-31-24)21-6-4-5-7-22(21)25)27-18(2)19-8-10-20(11-9-19)28-13-15-30-16-14-28/h3-11,17H,1,12-16H2,2H3. The van der Waals surface area contributed by atoms with Crippen LogP contribution in [0.1, 0.15) is 12.5 Å². The first-order valence-corrected chi connectivity index (χ1v) is 11.9. The molecule has 4 rings (SSSR count). The summed E-state index contributed by atoms with van der Waals surface area (Å²) >= 11 is 5.25. The van der Waals surface area contributed by atoms with E-state index in [1.165, 1.54) is 5.69 Å². The fraction of sp³-hybridized carbons (Fsp3) is 0.250. The highest BCUT2D eigenvalue weighted by Gasteiger charge is 2.13. The van der Waals surface area contributed by atoms with Crippen LogP contribution in [0.3, 0.4) is 0 Å². The van der Waals surface area contributed by atoms with Gasteiger partial charge < -0.3 is 9.64 Å². The number of halogens is 1. The number of benzene rings is 2. The molecule has 0 N–H and O–H groups in total. The van der Waals surface area contributed by atoms with Crippen molar-refractivity contribution >= 4 is 38.7 Å². The molecule has 5 nitrogen and oxygen atoms in total. The van der Waals surface area contributed by atoms with E-state index in [9.17, 15) is 0 Å². The molecular formula is C24H25BrN4OS. The topological polar surface area (TPSA) is 42.1 Å². The number of ether oxygens (including phenoxy) is 1. The molecule has 1 aromatic heterocycles. The summed E-state index contributed by atoms with van der Waals surface area (Å²) in [5.74, 6) is 0. The minimum Gasteiger partial charge on any atom is -0.378 e. The Kier molecular flexibility index (Phi) is 7.17. The van der Waals surface area contributed by atoms with Gasteiger partial charge in [0.25, 0.3) is 0 Å². The Bertz CT molecular complexity index is 1140. The van der Waals surface area contributed by atoms with Crippen molar-refractivity contribution in [3.05, 3.63) is 81.4 Å². The van der Waals surface area contributed by atoms with Gasteiger partial charge in [-0.15, -0.1) is 17.9 Å². The van der Waals surface area contributed by atoms with Gasteiger partial charge >= 0.3 is 0 Å². The van der Waals surface area contributed by atoms with Crippen molar-refractivity contribution in [3.63, 3.8) is 0 Å². The van der Waals surface area contributed by atoms with Gasteiger partial charge in [-0.25, -0.2) is 4.68 Å².